The summed E-state index contributed by atoms with van der Waals surface area (Å²) in [5.74, 6) is -0.497. The minimum Gasteiger partial charge on any atom is -0.462 e. The first-order valence-corrected chi connectivity index (χ1v) is 27.7. The first-order chi connectivity index (χ1) is 31.0. The molecule has 0 aromatic carbocycles. The number of esters is 1. The maximum Gasteiger partial charge on any atom is 0.306 e. The average Bonchev–Trinajstić information content (AvgIpc) is 3.28. The lowest BCUT2D eigenvalue weighted by Crippen LogP contribution is -2.46. The van der Waals surface area contributed by atoms with Gasteiger partial charge in [0.15, 0.2) is 0 Å². The predicted molar refractivity (Wildman–Crippen MR) is 273 cm³/mol. The zero-order valence-electron chi connectivity index (χ0n) is 42.2. The van der Waals surface area contributed by atoms with Crippen molar-refractivity contribution in [3.63, 3.8) is 0 Å². The number of hydrogen-bond donors (Lipinski definition) is 3. The molecule has 0 rings (SSSR count). The number of ether oxygens (including phenoxy) is 1. The average molecular weight is 886 g/mol. The Kier molecular flexibility index (Phi) is 49.5. The molecule has 1 amide bonds. The molecule has 0 aliphatic heterocycles. The Labute approximate surface area is 392 Å². The largest absolute Gasteiger partial charge is 0.462 e. The van der Waals surface area contributed by atoms with Crippen molar-refractivity contribution in [3.05, 3.63) is 36.5 Å². The van der Waals surface area contributed by atoms with Crippen LogP contribution in [0.3, 0.4) is 0 Å². The molecule has 3 atom stereocenters. The molecule has 0 fully saturated rings. The van der Waals surface area contributed by atoms with Gasteiger partial charge < -0.3 is 20.3 Å². The van der Waals surface area contributed by atoms with Crippen molar-refractivity contribution in [1.82, 2.24) is 5.32 Å². The van der Waals surface area contributed by atoms with Gasteiger partial charge in [0.2, 0.25) is 5.91 Å². The van der Waals surface area contributed by atoms with E-state index < -0.39 is 18.2 Å². The van der Waals surface area contributed by atoms with Crippen LogP contribution in [0.1, 0.15) is 290 Å². The van der Waals surface area contributed by atoms with Crippen molar-refractivity contribution in [3.8, 4) is 0 Å². The van der Waals surface area contributed by atoms with E-state index in [1.807, 2.05) is 0 Å². The van der Waals surface area contributed by atoms with E-state index in [4.69, 9.17) is 4.74 Å². The van der Waals surface area contributed by atoms with E-state index in [0.717, 1.165) is 70.6 Å². The molecular formula is C57H107NO5. The van der Waals surface area contributed by atoms with E-state index in [2.05, 4.69) is 62.5 Å². The zero-order valence-corrected chi connectivity index (χ0v) is 42.2. The zero-order chi connectivity index (χ0) is 45.9. The molecule has 0 heterocycles. The molecule has 370 valence electrons. The van der Waals surface area contributed by atoms with Gasteiger partial charge in [-0.1, -0.05) is 250 Å². The van der Waals surface area contributed by atoms with Crippen molar-refractivity contribution in [1.29, 1.82) is 0 Å². The van der Waals surface area contributed by atoms with Crippen LogP contribution in [0.15, 0.2) is 36.5 Å². The van der Waals surface area contributed by atoms with Crippen LogP contribution in [-0.4, -0.2) is 46.9 Å². The van der Waals surface area contributed by atoms with Crippen LogP contribution < -0.4 is 5.32 Å². The summed E-state index contributed by atoms with van der Waals surface area (Å²) in [6, 6.07) is -0.711. The molecular weight excluding hydrogens is 779 g/mol. The Hall–Kier alpha value is -1.92. The van der Waals surface area contributed by atoms with E-state index in [1.54, 1.807) is 0 Å². The Balaban J connectivity index is 4.59. The summed E-state index contributed by atoms with van der Waals surface area (Å²) in [6.45, 7) is 6.47. The minimum atomic E-state index is -0.795. The monoisotopic (exact) mass is 886 g/mol. The fourth-order valence-electron chi connectivity index (χ4n) is 8.50. The number of allylic oxidation sites excluding steroid dienone is 6. The second-order valence-electron chi connectivity index (χ2n) is 19.0. The molecule has 0 spiro atoms. The van der Waals surface area contributed by atoms with Gasteiger partial charge in [0.25, 0.3) is 0 Å². The topological polar surface area (TPSA) is 95.9 Å². The number of aliphatic hydroxyl groups is 2. The van der Waals surface area contributed by atoms with Gasteiger partial charge in [-0.3, -0.25) is 9.59 Å². The molecule has 0 saturated carbocycles. The molecule has 3 N–H and O–H groups in total. The number of carbonyl (C=O) groups excluding carboxylic acids is 2. The molecule has 0 aliphatic rings. The van der Waals surface area contributed by atoms with Gasteiger partial charge in [-0.25, -0.2) is 0 Å². The molecule has 0 aromatic heterocycles. The Morgan fingerprint density at radius 1 is 0.460 bits per heavy atom. The lowest BCUT2D eigenvalue weighted by molar-refractivity contribution is -0.151. The van der Waals surface area contributed by atoms with E-state index in [9.17, 15) is 19.8 Å². The van der Waals surface area contributed by atoms with Gasteiger partial charge in [0, 0.05) is 6.42 Å². The summed E-state index contributed by atoms with van der Waals surface area (Å²) >= 11 is 0. The maximum absolute atomic E-state index is 13.2. The molecule has 6 heteroatoms. The van der Waals surface area contributed by atoms with Crippen LogP contribution in [0, 0.1) is 0 Å². The summed E-state index contributed by atoms with van der Waals surface area (Å²) in [5, 5.41) is 23.8. The first kappa shape index (κ1) is 61.1. The Morgan fingerprint density at radius 2 is 0.810 bits per heavy atom. The molecule has 6 nitrogen and oxygen atoms in total. The van der Waals surface area contributed by atoms with Crippen molar-refractivity contribution in [2.75, 3.05) is 6.61 Å². The Bertz CT molecular complexity index is 1040. The lowest BCUT2D eigenvalue weighted by atomic mass is 10.0. The third-order valence-corrected chi connectivity index (χ3v) is 12.7. The van der Waals surface area contributed by atoms with E-state index >= 15 is 0 Å². The highest BCUT2D eigenvalue weighted by Gasteiger charge is 2.24. The number of nitrogens with one attached hydrogen (secondary N) is 1. The number of unbranched alkanes of at least 4 members (excludes halogenated alkanes) is 32. The van der Waals surface area contributed by atoms with Crippen LogP contribution in [0.2, 0.25) is 0 Å². The van der Waals surface area contributed by atoms with E-state index in [0.29, 0.717) is 19.3 Å². The van der Waals surface area contributed by atoms with Crippen LogP contribution in [-0.2, 0) is 14.3 Å². The number of rotatable bonds is 50. The smallest absolute Gasteiger partial charge is 0.306 e. The second-order valence-corrected chi connectivity index (χ2v) is 19.0. The Morgan fingerprint density at radius 3 is 1.24 bits per heavy atom. The molecule has 0 bridgehead atoms. The van der Waals surface area contributed by atoms with Gasteiger partial charge >= 0.3 is 5.97 Å². The number of aliphatic hydroxyl groups excluding tert-OH is 2. The van der Waals surface area contributed by atoms with Crippen LogP contribution >= 0.6 is 0 Å². The standard InChI is InChI=1S/C57H107NO5/c1-4-7-10-13-16-19-22-25-27-28-30-32-35-38-41-44-47-50-57(62)63-53(48-45-42-39-36-33-31-29-26-23-20-17-14-11-8-5-2)51-56(61)58-54(52-59)55(60)49-46-43-40-37-34-24-21-18-15-12-9-6-3/h17,20,26,29,33,36,53-55,59-60H,4-16,18-19,21-25,27-28,30-32,34-35,37-52H2,1-3H3,(H,58,61)/b20-17-,29-26-,36-33-. The fourth-order valence-corrected chi connectivity index (χ4v) is 8.50. The van der Waals surface area contributed by atoms with Gasteiger partial charge in [0.1, 0.15) is 6.10 Å². The van der Waals surface area contributed by atoms with Gasteiger partial charge in [-0.05, 0) is 64.2 Å². The minimum absolute atomic E-state index is 0.0558. The summed E-state index contributed by atoms with van der Waals surface area (Å²) < 4.78 is 5.94. The molecule has 3 unspecified atom stereocenters. The SMILES string of the molecule is CCCCC/C=C\C/C=C\C/C=C\CCCCC(CC(=O)NC(CO)C(O)CCCCCCCCCCCCCC)OC(=O)CCCCCCCCCCCCCCCCCCC. The summed E-state index contributed by atoms with van der Waals surface area (Å²) in [4.78, 5) is 26.2. The highest BCUT2D eigenvalue weighted by Crippen LogP contribution is 2.18. The van der Waals surface area contributed by atoms with Crippen LogP contribution in [0.4, 0.5) is 0 Å². The molecule has 0 aromatic rings. The molecule has 0 radical (unpaired) electrons. The number of hydrogen-bond acceptors (Lipinski definition) is 5. The third-order valence-electron chi connectivity index (χ3n) is 12.7. The predicted octanol–water partition coefficient (Wildman–Crippen LogP) is 16.8. The molecule has 63 heavy (non-hydrogen) atoms. The maximum atomic E-state index is 13.2. The quantitative estimate of drug-likeness (QED) is 0.0321. The summed E-state index contributed by atoms with van der Waals surface area (Å²) in [6.07, 6.45) is 60.6. The first-order valence-electron chi connectivity index (χ1n) is 27.7. The fraction of sp³-hybridized carbons (Fsp3) is 0.860. The van der Waals surface area contributed by atoms with Gasteiger partial charge in [-0.15, -0.1) is 0 Å². The van der Waals surface area contributed by atoms with Crippen LogP contribution in [0.25, 0.3) is 0 Å². The van der Waals surface area contributed by atoms with Gasteiger partial charge in [0.05, 0.1) is 25.2 Å². The second kappa shape index (κ2) is 51.1. The third kappa shape index (κ3) is 46.4. The lowest BCUT2D eigenvalue weighted by Gasteiger charge is -2.24. The van der Waals surface area contributed by atoms with Crippen molar-refractivity contribution in [2.24, 2.45) is 0 Å². The summed E-state index contributed by atoms with van der Waals surface area (Å²) in [7, 11) is 0. The highest BCUT2D eigenvalue weighted by molar-refractivity contribution is 5.77. The summed E-state index contributed by atoms with van der Waals surface area (Å²) in [5.41, 5.74) is 0. The van der Waals surface area contributed by atoms with E-state index in [-0.39, 0.29) is 24.9 Å². The van der Waals surface area contributed by atoms with Gasteiger partial charge in [-0.2, -0.15) is 0 Å². The molecule has 0 saturated heterocycles. The van der Waals surface area contributed by atoms with Crippen LogP contribution in [0.5, 0.6) is 0 Å². The highest BCUT2D eigenvalue weighted by atomic mass is 16.5. The van der Waals surface area contributed by atoms with Crippen molar-refractivity contribution < 1.29 is 24.5 Å². The van der Waals surface area contributed by atoms with E-state index in [1.165, 1.54) is 173 Å². The number of amides is 1. The normalized spacial score (nSPS) is 13.4. The molecule has 0 aliphatic carbocycles. The van der Waals surface area contributed by atoms with Crippen molar-refractivity contribution in [2.45, 2.75) is 309 Å². The van der Waals surface area contributed by atoms with Crippen molar-refractivity contribution >= 4 is 11.9 Å². The number of carbonyl (C=O) groups is 2.